The van der Waals surface area contributed by atoms with Crippen LogP contribution in [0.5, 0.6) is 0 Å². The summed E-state index contributed by atoms with van der Waals surface area (Å²) < 4.78 is 0. The molecule has 0 bridgehead atoms. The summed E-state index contributed by atoms with van der Waals surface area (Å²) >= 11 is 0. The fourth-order valence-corrected chi connectivity index (χ4v) is 0.435. The minimum Gasteiger partial charge on any atom is -0.394 e. The molecule has 0 aliphatic rings. The van der Waals surface area contributed by atoms with Crippen molar-refractivity contribution in [2.75, 3.05) is 7.05 Å². The minimum absolute atomic E-state index is 1.08. The smallest absolute Gasteiger partial charge is 0.0311 e. The highest BCUT2D eigenvalue weighted by molar-refractivity contribution is 5.77. The van der Waals surface area contributed by atoms with Crippen LogP contribution in [0.1, 0.15) is 6.92 Å². The fourth-order valence-electron chi connectivity index (χ4n) is 0.435. The molecule has 0 radical (unpaired) electrons. The van der Waals surface area contributed by atoms with E-state index >= 15 is 0 Å². The molecule has 0 saturated heterocycles. The van der Waals surface area contributed by atoms with Gasteiger partial charge in [-0.15, -0.1) is 0 Å². The van der Waals surface area contributed by atoms with Crippen LogP contribution in [0, 0.1) is 0 Å². The number of allylic oxidation sites excluding steroid dienone is 1. The van der Waals surface area contributed by atoms with E-state index in [2.05, 4.69) is 16.9 Å². The van der Waals surface area contributed by atoms with Gasteiger partial charge in [0.2, 0.25) is 0 Å². The number of hydrogen-bond donors (Lipinski definition) is 1. The number of hydrogen-bond acceptors (Lipinski definition) is 2. The van der Waals surface area contributed by atoms with E-state index in [0.717, 1.165) is 5.57 Å². The standard InChI is InChI=1S/C7H12N2/c1-4-9-6-7(2)5-8-3/h4-6,8H,1H2,2-3H3/b7-5-,9-6-. The van der Waals surface area contributed by atoms with Crippen molar-refractivity contribution in [1.82, 2.24) is 5.32 Å². The maximum Gasteiger partial charge on any atom is 0.0311 e. The molecule has 0 fully saturated rings. The van der Waals surface area contributed by atoms with Crippen molar-refractivity contribution in [3.63, 3.8) is 0 Å². The molecule has 0 aliphatic carbocycles. The molecule has 9 heavy (non-hydrogen) atoms. The summed E-state index contributed by atoms with van der Waals surface area (Å²) in [7, 11) is 1.85. The Morgan fingerprint density at radius 1 is 1.67 bits per heavy atom. The predicted octanol–water partition coefficient (Wildman–Crippen LogP) is 1.32. The Morgan fingerprint density at radius 2 is 2.33 bits per heavy atom. The molecule has 1 N–H and O–H groups in total. The molecule has 0 aromatic carbocycles. The maximum atomic E-state index is 3.82. The summed E-state index contributed by atoms with van der Waals surface area (Å²) in [4.78, 5) is 3.82. The number of nitrogens with one attached hydrogen (secondary N) is 1. The first-order chi connectivity index (χ1) is 4.31. The molecule has 0 unspecified atom stereocenters. The van der Waals surface area contributed by atoms with E-state index in [4.69, 9.17) is 0 Å². The van der Waals surface area contributed by atoms with Gasteiger partial charge in [-0.25, -0.2) is 0 Å². The van der Waals surface area contributed by atoms with Crippen LogP contribution in [0.25, 0.3) is 0 Å². The zero-order valence-corrected chi connectivity index (χ0v) is 5.89. The lowest BCUT2D eigenvalue weighted by molar-refractivity contribution is 1.09. The van der Waals surface area contributed by atoms with E-state index in [1.54, 1.807) is 6.21 Å². The highest BCUT2D eigenvalue weighted by Crippen LogP contribution is 1.83. The van der Waals surface area contributed by atoms with Gasteiger partial charge in [-0.2, -0.15) is 0 Å². The van der Waals surface area contributed by atoms with E-state index in [0.29, 0.717) is 0 Å². The Bertz CT molecular complexity index is 134. The van der Waals surface area contributed by atoms with E-state index in [9.17, 15) is 0 Å². The molecule has 0 rings (SSSR count). The Labute approximate surface area is 56.0 Å². The topological polar surface area (TPSA) is 24.4 Å². The maximum absolute atomic E-state index is 3.82. The zero-order valence-electron chi connectivity index (χ0n) is 5.89. The van der Waals surface area contributed by atoms with Crippen molar-refractivity contribution in [3.8, 4) is 0 Å². The van der Waals surface area contributed by atoms with Gasteiger partial charge in [-0.1, -0.05) is 6.58 Å². The Balaban J connectivity index is 3.74. The summed E-state index contributed by atoms with van der Waals surface area (Å²) in [6, 6.07) is 0. The van der Waals surface area contributed by atoms with Gasteiger partial charge in [-0.3, -0.25) is 4.99 Å². The van der Waals surface area contributed by atoms with Crippen molar-refractivity contribution in [3.05, 3.63) is 24.6 Å². The Kier molecular flexibility index (Phi) is 4.50. The first-order valence-corrected chi connectivity index (χ1v) is 2.79. The third-order valence-electron chi connectivity index (χ3n) is 0.756. The summed E-state index contributed by atoms with van der Waals surface area (Å²) in [5, 5.41) is 2.89. The van der Waals surface area contributed by atoms with Crippen LogP contribution in [-0.2, 0) is 0 Å². The van der Waals surface area contributed by atoms with Gasteiger partial charge in [0.15, 0.2) is 0 Å². The summed E-state index contributed by atoms with van der Waals surface area (Å²) in [6.45, 7) is 5.41. The van der Waals surface area contributed by atoms with Crippen LogP contribution >= 0.6 is 0 Å². The van der Waals surface area contributed by atoms with Crippen molar-refractivity contribution in [2.24, 2.45) is 4.99 Å². The highest BCUT2D eigenvalue weighted by atomic mass is 14.8. The van der Waals surface area contributed by atoms with Gasteiger partial charge >= 0.3 is 0 Å². The van der Waals surface area contributed by atoms with Crippen LogP contribution < -0.4 is 5.32 Å². The van der Waals surface area contributed by atoms with Gasteiger partial charge in [0.25, 0.3) is 0 Å². The third kappa shape index (κ3) is 4.81. The molecular weight excluding hydrogens is 112 g/mol. The molecular formula is C7H12N2. The van der Waals surface area contributed by atoms with Crippen LogP contribution in [0.15, 0.2) is 29.5 Å². The van der Waals surface area contributed by atoms with Crippen LogP contribution in [0.4, 0.5) is 0 Å². The Morgan fingerprint density at radius 3 is 2.78 bits per heavy atom. The fraction of sp³-hybridized carbons (Fsp3) is 0.286. The van der Waals surface area contributed by atoms with Crippen molar-refractivity contribution in [2.45, 2.75) is 6.92 Å². The lowest BCUT2D eigenvalue weighted by Crippen LogP contribution is -1.94. The largest absolute Gasteiger partial charge is 0.394 e. The van der Waals surface area contributed by atoms with Crippen LogP contribution in [-0.4, -0.2) is 13.3 Å². The number of nitrogens with zero attached hydrogens (tertiary/aromatic N) is 1. The number of rotatable bonds is 3. The van der Waals surface area contributed by atoms with E-state index < -0.39 is 0 Å². The second-order valence-electron chi connectivity index (χ2n) is 1.64. The molecule has 0 aromatic heterocycles. The summed E-state index contributed by atoms with van der Waals surface area (Å²) in [6.07, 6.45) is 5.11. The van der Waals surface area contributed by atoms with Crippen LogP contribution in [0.3, 0.4) is 0 Å². The van der Waals surface area contributed by atoms with E-state index in [1.165, 1.54) is 6.20 Å². The normalized spacial score (nSPS) is 12.0. The van der Waals surface area contributed by atoms with Crippen molar-refractivity contribution >= 4 is 6.21 Å². The third-order valence-corrected chi connectivity index (χ3v) is 0.756. The second-order valence-corrected chi connectivity index (χ2v) is 1.64. The highest BCUT2D eigenvalue weighted by Gasteiger charge is 1.75. The van der Waals surface area contributed by atoms with Crippen LogP contribution in [0.2, 0.25) is 0 Å². The quantitative estimate of drug-likeness (QED) is 0.564. The number of aliphatic imine (C=N–C) groups is 1. The molecule has 0 spiro atoms. The van der Waals surface area contributed by atoms with Gasteiger partial charge in [0.05, 0.1) is 0 Å². The molecule has 0 heterocycles. The zero-order chi connectivity index (χ0) is 7.11. The molecule has 2 heteroatoms. The molecule has 0 aromatic rings. The molecule has 0 aliphatic heterocycles. The van der Waals surface area contributed by atoms with Gasteiger partial charge in [0, 0.05) is 25.7 Å². The molecule has 0 atom stereocenters. The Hall–Kier alpha value is -1.05. The van der Waals surface area contributed by atoms with Crippen molar-refractivity contribution < 1.29 is 0 Å². The molecule has 2 nitrogen and oxygen atoms in total. The summed E-state index contributed by atoms with van der Waals surface area (Å²) in [5.41, 5.74) is 1.08. The van der Waals surface area contributed by atoms with E-state index in [1.807, 2.05) is 20.2 Å². The summed E-state index contributed by atoms with van der Waals surface area (Å²) in [5.74, 6) is 0. The predicted molar refractivity (Wildman–Crippen MR) is 41.5 cm³/mol. The van der Waals surface area contributed by atoms with Gasteiger partial charge < -0.3 is 5.32 Å². The average molecular weight is 124 g/mol. The first kappa shape index (κ1) is 7.95. The molecule has 50 valence electrons. The molecule has 0 saturated carbocycles. The average Bonchev–Trinajstić information content (AvgIpc) is 1.85. The van der Waals surface area contributed by atoms with Gasteiger partial charge in [0.1, 0.15) is 0 Å². The SMILES string of the molecule is C=C/N=C\C(C)=C/NC. The lowest BCUT2D eigenvalue weighted by atomic mass is 10.4. The van der Waals surface area contributed by atoms with Crippen molar-refractivity contribution in [1.29, 1.82) is 0 Å². The van der Waals surface area contributed by atoms with E-state index in [-0.39, 0.29) is 0 Å². The lowest BCUT2D eigenvalue weighted by Gasteiger charge is -1.88. The monoisotopic (exact) mass is 124 g/mol. The first-order valence-electron chi connectivity index (χ1n) is 2.79. The minimum atomic E-state index is 1.08. The van der Waals surface area contributed by atoms with Gasteiger partial charge in [-0.05, 0) is 12.5 Å². The molecule has 0 amide bonds. The second kappa shape index (κ2) is 5.09.